The van der Waals surface area contributed by atoms with Gasteiger partial charge in [-0.05, 0) is 30.5 Å². The number of amides is 1. The van der Waals surface area contributed by atoms with Crippen LogP contribution in [0.1, 0.15) is 36.7 Å². The van der Waals surface area contributed by atoms with Crippen LogP contribution in [0.2, 0.25) is 0 Å². The first-order valence-electron chi connectivity index (χ1n) is 9.72. The molecule has 1 aromatic rings. The third kappa shape index (κ3) is 8.74. The van der Waals surface area contributed by atoms with Crippen molar-refractivity contribution in [1.82, 2.24) is 15.5 Å². The van der Waals surface area contributed by atoms with Crippen molar-refractivity contribution in [2.75, 3.05) is 39.3 Å². The predicted molar refractivity (Wildman–Crippen MR) is 124 cm³/mol. The van der Waals surface area contributed by atoms with E-state index in [9.17, 15) is 4.79 Å². The van der Waals surface area contributed by atoms with Crippen molar-refractivity contribution < 1.29 is 9.53 Å². The Hall–Kier alpha value is -1.39. The van der Waals surface area contributed by atoms with Crippen LogP contribution in [0.25, 0.3) is 0 Å². The van der Waals surface area contributed by atoms with Gasteiger partial charge in [-0.15, -0.1) is 24.0 Å². The maximum absolute atomic E-state index is 11.3. The smallest absolute Gasteiger partial charge is 0.248 e. The van der Waals surface area contributed by atoms with Gasteiger partial charge < -0.3 is 21.1 Å². The summed E-state index contributed by atoms with van der Waals surface area (Å²) in [6, 6.07) is 7.25. The highest BCUT2D eigenvalue weighted by Gasteiger charge is 2.21. The fourth-order valence-electron chi connectivity index (χ4n) is 3.13. The quantitative estimate of drug-likeness (QED) is 0.286. The molecule has 1 heterocycles. The number of primary amides is 1. The number of carbonyl (C=O) groups excluding carboxylic acids is 1. The summed E-state index contributed by atoms with van der Waals surface area (Å²) in [5.41, 5.74) is 6.79. The summed E-state index contributed by atoms with van der Waals surface area (Å²) >= 11 is 0. The van der Waals surface area contributed by atoms with Crippen LogP contribution in [0.5, 0.6) is 0 Å². The zero-order valence-electron chi connectivity index (χ0n) is 17.1. The normalized spacial score (nSPS) is 17.9. The lowest BCUT2D eigenvalue weighted by Gasteiger charge is -2.34. The van der Waals surface area contributed by atoms with Gasteiger partial charge in [0.2, 0.25) is 5.91 Å². The fraction of sp³-hybridized carbons (Fsp3) is 0.600. The van der Waals surface area contributed by atoms with E-state index in [0.29, 0.717) is 24.6 Å². The van der Waals surface area contributed by atoms with Gasteiger partial charge >= 0.3 is 0 Å². The van der Waals surface area contributed by atoms with Crippen molar-refractivity contribution in [1.29, 1.82) is 0 Å². The molecule has 158 valence electrons. The van der Waals surface area contributed by atoms with Crippen LogP contribution in [0, 0.1) is 5.92 Å². The molecular weight excluding hydrogens is 469 g/mol. The summed E-state index contributed by atoms with van der Waals surface area (Å²) in [5.74, 6) is 0.976. The number of hydrogen-bond donors (Lipinski definition) is 3. The number of hydrogen-bond acceptors (Lipinski definition) is 4. The van der Waals surface area contributed by atoms with E-state index in [4.69, 9.17) is 10.5 Å². The van der Waals surface area contributed by atoms with Crippen molar-refractivity contribution in [2.24, 2.45) is 16.6 Å². The second kappa shape index (κ2) is 12.9. The Morgan fingerprint density at radius 2 is 2.18 bits per heavy atom. The molecule has 0 aromatic heterocycles. The number of rotatable bonds is 8. The molecule has 8 heteroatoms. The van der Waals surface area contributed by atoms with Gasteiger partial charge in [0.05, 0.1) is 19.3 Å². The molecular formula is C20H34IN5O2. The minimum absolute atomic E-state index is 0. The fourth-order valence-corrected chi connectivity index (χ4v) is 3.13. The van der Waals surface area contributed by atoms with E-state index in [0.717, 1.165) is 44.3 Å². The molecule has 1 aliphatic rings. The highest BCUT2D eigenvalue weighted by molar-refractivity contribution is 14.0. The zero-order valence-corrected chi connectivity index (χ0v) is 19.4. The molecule has 0 radical (unpaired) electrons. The minimum atomic E-state index is -0.425. The van der Waals surface area contributed by atoms with Gasteiger partial charge in [0, 0.05) is 38.3 Å². The zero-order chi connectivity index (χ0) is 19.6. The minimum Gasteiger partial charge on any atom is -0.374 e. The van der Waals surface area contributed by atoms with Crippen LogP contribution in [0.3, 0.4) is 0 Å². The van der Waals surface area contributed by atoms with Gasteiger partial charge in [-0.25, -0.2) is 4.99 Å². The number of aliphatic imine (C=N–C) groups is 1. The Kier molecular flexibility index (Phi) is 11.4. The first kappa shape index (κ1) is 24.6. The standard InChI is InChI=1S/C20H33N5O2.HI/c1-4-22-20(23-11-16-6-5-7-17(10-16)19(21)26)24-12-18-14-25(8-9-27-18)13-15(2)3;/h5-7,10,15,18H,4,8-9,11-14H2,1-3H3,(H2,21,26)(H2,22,23,24);1H. The number of morpholine rings is 1. The average Bonchev–Trinajstić information content (AvgIpc) is 2.64. The first-order chi connectivity index (χ1) is 13.0. The van der Waals surface area contributed by atoms with Gasteiger partial charge in [0.15, 0.2) is 5.96 Å². The molecule has 7 nitrogen and oxygen atoms in total. The third-order valence-electron chi connectivity index (χ3n) is 4.32. The summed E-state index contributed by atoms with van der Waals surface area (Å²) < 4.78 is 5.88. The molecule has 0 bridgehead atoms. The highest BCUT2D eigenvalue weighted by atomic mass is 127. The number of benzene rings is 1. The SMILES string of the molecule is CCNC(=NCc1cccc(C(N)=O)c1)NCC1CN(CC(C)C)CCO1.I. The number of halogens is 1. The number of nitrogens with zero attached hydrogens (tertiary/aromatic N) is 2. The van der Waals surface area contributed by atoms with Gasteiger partial charge in [0.1, 0.15) is 0 Å². The van der Waals surface area contributed by atoms with Gasteiger partial charge in [-0.2, -0.15) is 0 Å². The van der Waals surface area contributed by atoms with Gasteiger partial charge in [-0.3, -0.25) is 9.69 Å². The molecule has 1 atom stereocenters. The molecule has 28 heavy (non-hydrogen) atoms. The van der Waals surface area contributed by atoms with Crippen LogP contribution in [-0.2, 0) is 11.3 Å². The largest absolute Gasteiger partial charge is 0.374 e. The molecule has 1 aliphatic heterocycles. The highest BCUT2D eigenvalue weighted by Crippen LogP contribution is 2.08. The van der Waals surface area contributed by atoms with Crippen LogP contribution in [-0.4, -0.2) is 62.2 Å². The Balaban J connectivity index is 0.00000392. The van der Waals surface area contributed by atoms with Crippen LogP contribution < -0.4 is 16.4 Å². The summed E-state index contributed by atoms with van der Waals surface area (Å²) in [4.78, 5) is 18.4. The molecule has 0 saturated carbocycles. The Morgan fingerprint density at radius 3 is 2.86 bits per heavy atom. The molecule has 1 unspecified atom stereocenters. The topological polar surface area (TPSA) is 92.0 Å². The average molecular weight is 503 g/mol. The Labute approximate surface area is 185 Å². The molecule has 2 rings (SSSR count). The molecule has 0 spiro atoms. The Morgan fingerprint density at radius 1 is 1.39 bits per heavy atom. The number of nitrogens with two attached hydrogens (primary N) is 1. The molecule has 1 fully saturated rings. The maximum atomic E-state index is 11.3. The first-order valence-corrected chi connectivity index (χ1v) is 9.72. The van der Waals surface area contributed by atoms with E-state index in [1.165, 1.54) is 0 Å². The van der Waals surface area contributed by atoms with E-state index in [2.05, 4.69) is 34.4 Å². The maximum Gasteiger partial charge on any atom is 0.248 e. The second-order valence-corrected chi connectivity index (χ2v) is 7.29. The number of nitrogens with one attached hydrogen (secondary N) is 2. The summed E-state index contributed by atoms with van der Waals surface area (Å²) in [7, 11) is 0. The molecule has 4 N–H and O–H groups in total. The van der Waals surface area contributed by atoms with Gasteiger partial charge in [0.25, 0.3) is 0 Å². The number of ether oxygens (including phenoxy) is 1. The summed E-state index contributed by atoms with van der Waals surface area (Å²) in [6.07, 6.45) is 0.152. The summed E-state index contributed by atoms with van der Waals surface area (Å²) in [5, 5.41) is 6.62. The van der Waals surface area contributed by atoms with E-state index in [1.807, 2.05) is 19.1 Å². The number of guanidine groups is 1. The second-order valence-electron chi connectivity index (χ2n) is 7.29. The lowest BCUT2D eigenvalue weighted by atomic mass is 10.1. The summed E-state index contributed by atoms with van der Waals surface area (Å²) in [6.45, 7) is 12.3. The van der Waals surface area contributed by atoms with Crippen molar-refractivity contribution >= 4 is 35.8 Å². The van der Waals surface area contributed by atoms with Crippen LogP contribution in [0.4, 0.5) is 0 Å². The van der Waals surface area contributed by atoms with Crippen molar-refractivity contribution in [3.8, 4) is 0 Å². The third-order valence-corrected chi connectivity index (χ3v) is 4.32. The molecule has 0 aliphatic carbocycles. The van der Waals surface area contributed by atoms with Crippen molar-refractivity contribution in [3.05, 3.63) is 35.4 Å². The molecule has 1 aromatic carbocycles. The lowest BCUT2D eigenvalue weighted by Crippen LogP contribution is -2.50. The van der Waals surface area contributed by atoms with E-state index in [-0.39, 0.29) is 30.1 Å². The van der Waals surface area contributed by atoms with Gasteiger partial charge in [-0.1, -0.05) is 26.0 Å². The van der Waals surface area contributed by atoms with Crippen LogP contribution >= 0.6 is 24.0 Å². The van der Waals surface area contributed by atoms with Crippen molar-refractivity contribution in [3.63, 3.8) is 0 Å². The molecule has 1 amide bonds. The lowest BCUT2D eigenvalue weighted by molar-refractivity contribution is -0.0284. The van der Waals surface area contributed by atoms with E-state index < -0.39 is 5.91 Å². The van der Waals surface area contributed by atoms with Crippen LogP contribution in [0.15, 0.2) is 29.3 Å². The monoisotopic (exact) mass is 503 g/mol. The predicted octanol–water partition coefficient (Wildman–Crippen LogP) is 1.82. The molecule has 1 saturated heterocycles. The number of carbonyl (C=O) groups is 1. The van der Waals surface area contributed by atoms with E-state index >= 15 is 0 Å². The van der Waals surface area contributed by atoms with Crippen molar-refractivity contribution in [2.45, 2.75) is 33.4 Å². The Bertz CT molecular complexity index is 639. The van der Waals surface area contributed by atoms with E-state index in [1.54, 1.807) is 12.1 Å².